The van der Waals surface area contributed by atoms with Crippen LogP contribution in [0.4, 0.5) is 0 Å². The summed E-state index contributed by atoms with van der Waals surface area (Å²) in [6.07, 6.45) is 73.3. The van der Waals surface area contributed by atoms with Gasteiger partial charge in [-0.15, -0.1) is 0 Å². The van der Waals surface area contributed by atoms with Crippen molar-refractivity contribution in [2.45, 2.75) is 226 Å². The van der Waals surface area contributed by atoms with E-state index in [4.69, 9.17) is 14.2 Å². The fraction of sp³-hybridized carbons (Fsp3) is 0.617. The number of allylic oxidation sites excluding steroid dienone is 20. The van der Waals surface area contributed by atoms with Crippen LogP contribution in [-0.2, 0) is 28.6 Å². The first-order chi connectivity index (χ1) is 32.5. The molecule has 1 atom stereocenters. The Hall–Kier alpha value is -4.19. The fourth-order valence-corrected chi connectivity index (χ4v) is 6.81. The number of hydrogen-bond donors (Lipinski definition) is 0. The van der Waals surface area contributed by atoms with Gasteiger partial charge in [0.05, 0.1) is 0 Å². The molecule has 0 fully saturated rings. The van der Waals surface area contributed by atoms with Crippen molar-refractivity contribution in [1.29, 1.82) is 0 Å². The van der Waals surface area contributed by atoms with E-state index < -0.39 is 6.10 Å². The van der Waals surface area contributed by atoms with Gasteiger partial charge in [0.1, 0.15) is 13.2 Å². The highest BCUT2D eigenvalue weighted by atomic mass is 16.6. The van der Waals surface area contributed by atoms with E-state index in [9.17, 15) is 14.4 Å². The SMILES string of the molecule is CC/C=C\C/C=C\C/C=C\C/C=C\CCCCCCCCC(=O)OCC(COC(=O)CCC/C=C\C/C=C\C/C=C\CC)OC(=O)CCCCCCC\C=C/C=C\C=C/CCCCCCC. The zero-order valence-corrected chi connectivity index (χ0v) is 42.4. The Labute approximate surface area is 405 Å². The van der Waals surface area contributed by atoms with Crippen molar-refractivity contribution in [1.82, 2.24) is 0 Å². The van der Waals surface area contributed by atoms with Gasteiger partial charge in [-0.25, -0.2) is 0 Å². The summed E-state index contributed by atoms with van der Waals surface area (Å²) in [4.78, 5) is 38.0. The molecule has 0 aromatic rings. The predicted molar refractivity (Wildman–Crippen MR) is 283 cm³/mol. The summed E-state index contributed by atoms with van der Waals surface area (Å²) >= 11 is 0. The topological polar surface area (TPSA) is 78.9 Å². The molecule has 372 valence electrons. The molecule has 0 spiro atoms. The number of carbonyl (C=O) groups excluding carboxylic acids is 3. The molecule has 1 unspecified atom stereocenters. The van der Waals surface area contributed by atoms with Gasteiger partial charge in [-0.2, -0.15) is 0 Å². The van der Waals surface area contributed by atoms with Gasteiger partial charge in [0.25, 0.3) is 0 Å². The molecule has 0 radical (unpaired) electrons. The Balaban J connectivity index is 4.49. The van der Waals surface area contributed by atoms with Crippen molar-refractivity contribution in [3.8, 4) is 0 Å². The van der Waals surface area contributed by atoms with E-state index in [1.54, 1.807) is 0 Å². The van der Waals surface area contributed by atoms with Crippen LogP contribution in [0.2, 0.25) is 0 Å². The lowest BCUT2D eigenvalue weighted by atomic mass is 10.1. The third-order valence-corrected chi connectivity index (χ3v) is 10.7. The van der Waals surface area contributed by atoms with E-state index in [0.717, 1.165) is 128 Å². The van der Waals surface area contributed by atoms with Crippen molar-refractivity contribution in [3.05, 3.63) is 122 Å². The summed E-state index contributed by atoms with van der Waals surface area (Å²) in [7, 11) is 0. The van der Waals surface area contributed by atoms with Crippen molar-refractivity contribution >= 4 is 17.9 Å². The number of unbranched alkanes of at least 4 members (excludes halogenated alkanes) is 17. The highest BCUT2D eigenvalue weighted by Gasteiger charge is 2.19. The highest BCUT2D eigenvalue weighted by Crippen LogP contribution is 2.13. The first kappa shape index (κ1) is 61.8. The maximum absolute atomic E-state index is 12.8. The van der Waals surface area contributed by atoms with Crippen LogP contribution in [-0.4, -0.2) is 37.2 Å². The van der Waals surface area contributed by atoms with Crippen LogP contribution in [0.15, 0.2) is 122 Å². The van der Waals surface area contributed by atoms with E-state index in [-0.39, 0.29) is 44.0 Å². The minimum atomic E-state index is -0.818. The maximum Gasteiger partial charge on any atom is 0.306 e. The molecule has 66 heavy (non-hydrogen) atoms. The third-order valence-electron chi connectivity index (χ3n) is 10.7. The van der Waals surface area contributed by atoms with Crippen LogP contribution >= 0.6 is 0 Å². The lowest BCUT2D eigenvalue weighted by Crippen LogP contribution is -2.30. The molecule has 0 rings (SSSR count). The zero-order chi connectivity index (χ0) is 47.9. The van der Waals surface area contributed by atoms with E-state index in [1.807, 2.05) is 0 Å². The van der Waals surface area contributed by atoms with Gasteiger partial charge in [0, 0.05) is 19.3 Å². The molecule has 0 aliphatic rings. The number of esters is 3. The van der Waals surface area contributed by atoms with Crippen LogP contribution in [0.25, 0.3) is 0 Å². The van der Waals surface area contributed by atoms with Gasteiger partial charge in [0.15, 0.2) is 6.10 Å². The molecule has 0 aliphatic heterocycles. The van der Waals surface area contributed by atoms with E-state index in [2.05, 4.69) is 142 Å². The normalized spacial score (nSPS) is 13.1. The van der Waals surface area contributed by atoms with Crippen LogP contribution in [0, 0.1) is 0 Å². The minimum Gasteiger partial charge on any atom is -0.462 e. The number of hydrogen-bond acceptors (Lipinski definition) is 6. The van der Waals surface area contributed by atoms with Crippen molar-refractivity contribution in [2.75, 3.05) is 13.2 Å². The monoisotopic (exact) mass is 913 g/mol. The van der Waals surface area contributed by atoms with E-state index in [1.165, 1.54) is 44.9 Å². The van der Waals surface area contributed by atoms with Crippen LogP contribution in [0.5, 0.6) is 0 Å². The van der Waals surface area contributed by atoms with E-state index >= 15 is 0 Å². The molecule has 0 aromatic heterocycles. The molecule has 0 saturated carbocycles. The van der Waals surface area contributed by atoms with Gasteiger partial charge in [0.2, 0.25) is 0 Å². The molecule has 0 bridgehead atoms. The minimum absolute atomic E-state index is 0.113. The second-order valence-electron chi connectivity index (χ2n) is 17.1. The number of rotatable bonds is 46. The Kier molecular flexibility index (Phi) is 50.0. The Morgan fingerprint density at radius 3 is 1.11 bits per heavy atom. The molecule has 0 aromatic carbocycles. The van der Waals surface area contributed by atoms with Crippen molar-refractivity contribution < 1.29 is 28.6 Å². The summed E-state index contributed by atoms with van der Waals surface area (Å²) in [6, 6.07) is 0. The largest absolute Gasteiger partial charge is 0.462 e. The first-order valence-corrected chi connectivity index (χ1v) is 26.6. The molecule has 0 aliphatic carbocycles. The van der Waals surface area contributed by atoms with Crippen LogP contribution in [0.3, 0.4) is 0 Å². The molecule has 0 N–H and O–H groups in total. The van der Waals surface area contributed by atoms with Gasteiger partial charge >= 0.3 is 17.9 Å². The molecule has 6 nitrogen and oxygen atoms in total. The lowest BCUT2D eigenvalue weighted by Gasteiger charge is -2.18. The quantitative estimate of drug-likeness (QED) is 0.0199. The highest BCUT2D eigenvalue weighted by molar-refractivity contribution is 5.71. The lowest BCUT2D eigenvalue weighted by molar-refractivity contribution is -0.167. The summed E-state index contributed by atoms with van der Waals surface area (Å²) in [5.74, 6) is -1.01. The third kappa shape index (κ3) is 50.8. The second-order valence-corrected chi connectivity index (χ2v) is 17.1. The Morgan fingerprint density at radius 1 is 0.333 bits per heavy atom. The summed E-state index contributed by atoms with van der Waals surface area (Å²) in [6.45, 7) is 6.30. The van der Waals surface area contributed by atoms with Gasteiger partial charge in [-0.05, 0) is 109 Å². The zero-order valence-electron chi connectivity index (χ0n) is 42.4. The molecular weight excluding hydrogens is 817 g/mol. The van der Waals surface area contributed by atoms with Crippen LogP contribution in [0.1, 0.15) is 220 Å². The average molecular weight is 913 g/mol. The molecular formula is C60H96O6. The Morgan fingerprint density at radius 2 is 0.667 bits per heavy atom. The standard InChI is InChI=1S/C60H96O6/c1-4-7-10-13-16-19-22-24-26-28-30-32-33-35-38-41-44-47-50-53-59(62)65-56-57(55-64-58(61)52-49-46-43-40-37-21-18-15-12-9-6-3)66-60(63)54-51-48-45-42-39-36-34-31-29-27-25-23-20-17-14-11-8-5-2/h7,9-10,12,16,18-19,21,23-27,29-32,34,40,43,57H,4-6,8,11,13-15,17,20,22,28,33,35-39,41-42,44-56H2,1-3H3/b10-7-,12-9-,19-16-,21-18-,25-23-,26-24-,29-27-,32-30-,34-31-,43-40-. The van der Waals surface area contributed by atoms with Crippen LogP contribution < -0.4 is 0 Å². The summed E-state index contributed by atoms with van der Waals surface area (Å²) in [5, 5.41) is 0. The molecule has 0 saturated heterocycles. The molecule has 0 amide bonds. The number of carbonyl (C=O) groups is 3. The van der Waals surface area contributed by atoms with Crippen molar-refractivity contribution in [2.24, 2.45) is 0 Å². The van der Waals surface area contributed by atoms with Gasteiger partial charge < -0.3 is 14.2 Å². The smallest absolute Gasteiger partial charge is 0.306 e. The van der Waals surface area contributed by atoms with Gasteiger partial charge in [-0.1, -0.05) is 213 Å². The number of ether oxygens (including phenoxy) is 3. The maximum atomic E-state index is 12.8. The predicted octanol–water partition coefficient (Wildman–Crippen LogP) is 17.7. The second kappa shape index (κ2) is 53.4. The summed E-state index contributed by atoms with van der Waals surface area (Å²) in [5.41, 5.74) is 0. The summed E-state index contributed by atoms with van der Waals surface area (Å²) < 4.78 is 16.7. The van der Waals surface area contributed by atoms with E-state index in [0.29, 0.717) is 12.8 Å². The first-order valence-electron chi connectivity index (χ1n) is 26.6. The molecule has 6 heteroatoms. The molecule has 0 heterocycles. The van der Waals surface area contributed by atoms with Crippen molar-refractivity contribution in [3.63, 3.8) is 0 Å². The Bertz CT molecular complexity index is 1420. The average Bonchev–Trinajstić information content (AvgIpc) is 3.31. The fourth-order valence-electron chi connectivity index (χ4n) is 6.81. The van der Waals surface area contributed by atoms with Gasteiger partial charge in [-0.3, -0.25) is 14.4 Å².